The van der Waals surface area contributed by atoms with E-state index < -0.39 is 0 Å². The number of aliphatic hydroxyl groups is 1. The van der Waals surface area contributed by atoms with Gasteiger partial charge in [0.25, 0.3) is 0 Å². The molecular weight excluding hydrogens is 136 g/mol. The summed E-state index contributed by atoms with van der Waals surface area (Å²) in [5.74, 6) is 1.34. The van der Waals surface area contributed by atoms with E-state index in [1.807, 2.05) is 6.92 Å². The van der Waals surface area contributed by atoms with E-state index in [9.17, 15) is 5.11 Å². The third-order valence-electron chi connectivity index (χ3n) is 4.16. The largest absolute Gasteiger partial charge is 0.390 e. The summed E-state index contributed by atoms with van der Waals surface area (Å²) >= 11 is 0. The third kappa shape index (κ3) is 0.807. The van der Waals surface area contributed by atoms with Gasteiger partial charge in [0.1, 0.15) is 0 Å². The second-order valence-electron chi connectivity index (χ2n) is 5.21. The van der Waals surface area contributed by atoms with Crippen LogP contribution in [-0.2, 0) is 0 Å². The smallest absolute Gasteiger partial charge is 0.0655 e. The van der Waals surface area contributed by atoms with E-state index >= 15 is 0 Å². The molecule has 3 atom stereocenters. The Morgan fingerprint density at radius 2 is 1.82 bits per heavy atom. The molecule has 1 nitrogen and oxygen atoms in total. The number of rotatable bonds is 0. The fourth-order valence-corrected chi connectivity index (χ4v) is 3.51. The zero-order valence-corrected chi connectivity index (χ0v) is 7.72. The summed E-state index contributed by atoms with van der Waals surface area (Å²) in [7, 11) is 0. The number of hydrogen-bond acceptors (Lipinski definition) is 1. The van der Waals surface area contributed by atoms with Crippen molar-refractivity contribution >= 4 is 0 Å². The highest BCUT2D eigenvalue weighted by molar-refractivity contribution is 5.08. The molecule has 64 valence electrons. The van der Waals surface area contributed by atoms with Gasteiger partial charge in [-0.15, -0.1) is 0 Å². The van der Waals surface area contributed by atoms with Gasteiger partial charge >= 0.3 is 0 Å². The normalized spacial score (nSPS) is 53.5. The Hall–Kier alpha value is -0.0400. The lowest BCUT2D eigenvalue weighted by molar-refractivity contribution is -0.00792. The van der Waals surface area contributed by atoms with Crippen molar-refractivity contribution in [2.75, 3.05) is 0 Å². The summed E-state index contributed by atoms with van der Waals surface area (Å²) in [5, 5.41) is 10.0. The van der Waals surface area contributed by atoms with Gasteiger partial charge in [0.15, 0.2) is 0 Å². The Bertz CT molecular complexity index is 181. The first kappa shape index (κ1) is 7.60. The zero-order chi connectivity index (χ0) is 8.28. The molecule has 0 aromatic heterocycles. The van der Waals surface area contributed by atoms with Crippen molar-refractivity contribution in [3.63, 3.8) is 0 Å². The molecule has 2 aliphatic rings. The van der Waals surface area contributed by atoms with E-state index in [1.165, 1.54) is 12.8 Å². The standard InChI is InChI=1S/C10H18O/c1-9(2)7-4-5-8(9)10(3,11)6-7/h7-8,11H,4-6H2,1-3H3/t7-,8-,10+/m0/s1. The van der Waals surface area contributed by atoms with Crippen molar-refractivity contribution in [1.82, 2.24) is 0 Å². The molecule has 0 aromatic rings. The molecule has 1 N–H and O–H groups in total. The Kier molecular flexibility index (Phi) is 1.26. The van der Waals surface area contributed by atoms with Crippen LogP contribution in [0.1, 0.15) is 40.0 Å². The van der Waals surface area contributed by atoms with E-state index in [1.54, 1.807) is 0 Å². The van der Waals surface area contributed by atoms with Crippen LogP contribution in [0.5, 0.6) is 0 Å². The average molecular weight is 154 g/mol. The van der Waals surface area contributed by atoms with Crippen LogP contribution in [0, 0.1) is 17.3 Å². The van der Waals surface area contributed by atoms with Gasteiger partial charge in [-0.2, -0.15) is 0 Å². The maximum atomic E-state index is 10.0. The lowest BCUT2D eigenvalue weighted by atomic mass is 9.79. The highest BCUT2D eigenvalue weighted by atomic mass is 16.3. The molecule has 11 heavy (non-hydrogen) atoms. The predicted octanol–water partition coefficient (Wildman–Crippen LogP) is 2.19. The van der Waals surface area contributed by atoms with Crippen LogP contribution in [0.25, 0.3) is 0 Å². The maximum Gasteiger partial charge on any atom is 0.0655 e. The number of fused-ring (bicyclic) bond motifs is 2. The Balaban J connectivity index is 2.33. The maximum absolute atomic E-state index is 10.0. The molecule has 2 aliphatic carbocycles. The Labute approximate surface area is 68.8 Å². The molecule has 0 amide bonds. The van der Waals surface area contributed by atoms with Gasteiger partial charge in [-0.1, -0.05) is 13.8 Å². The van der Waals surface area contributed by atoms with Crippen LogP contribution < -0.4 is 0 Å². The molecule has 0 spiro atoms. The van der Waals surface area contributed by atoms with Crippen molar-refractivity contribution in [3.05, 3.63) is 0 Å². The molecule has 0 aromatic carbocycles. The highest BCUT2D eigenvalue weighted by Gasteiger charge is 2.58. The van der Waals surface area contributed by atoms with Gasteiger partial charge in [0.05, 0.1) is 5.60 Å². The topological polar surface area (TPSA) is 20.2 Å². The fourth-order valence-electron chi connectivity index (χ4n) is 3.51. The van der Waals surface area contributed by atoms with Crippen molar-refractivity contribution in [1.29, 1.82) is 0 Å². The van der Waals surface area contributed by atoms with E-state index in [-0.39, 0.29) is 5.60 Å². The molecule has 0 aliphatic heterocycles. The molecule has 2 fully saturated rings. The van der Waals surface area contributed by atoms with Gasteiger partial charge < -0.3 is 5.11 Å². The minimum Gasteiger partial charge on any atom is -0.390 e. The molecule has 2 bridgehead atoms. The molecule has 0 saturated heterocycles. The lowest BCUT2D eigenvalue weighted by Crippen LogP contribution is -2.33. The fraction of sp³-hybridized carbons (Fsp3) is 1.00. The van der Waals surface area contributed by atoms with Crippen LogP contribution >= 0.6 is 0 Å². The summed E-state index contributed by atoms with van der Waals surface area (Å²) in [4.78, 5) is 0. The summed E-state index contributed by atoms with van der Waals surface area (Å²) in [6.07, 6.45) is 3.61. The minimum atomic E-state index is -0.355. The monoisotopic (exact) mass is 154 g/mol. The molecule has 0 radical (unpaired) electrons. The van der Waals surface area contributed by atoms with Crippen molar-refractivity contribution < 1.29 is 5.11 Å². The van der Waals surface area contributed by atoms with E-state index in [4.69, 9.17) is 0 Å². The summed E-state index contributed by atoms with van der Waals surface area (Å²) in [6.45, 7) is 6.65. The minimum absolute atomic E-state index is 0.355. The predicted molar refractivity (Wildman–Crippen MR) is 45.2 cm³/mol. The van der Waals surface area contributed by atoms with Crippen LogP contribution in [0.4, 0.5) is 0 Å². The zero-order valence-electron chi connectivity index (χ0n) is 7.72. The molecule has 1 heteroatoms. The second kappa shape index (κ2) is 1.82. The molecule has 0 unspecified atom stereocenters. The molecule has 2 rings (SSSR count). The highest BCUT2D eigenvalue weighted by Crippen LogP contribution is 2.61. The quantitative estimate of drug-likeness (QED) is 0.567. The Morgan fingerprint density at radius 3 is 2.00 bits per heavy atom. The van der Waals surface area contributed by atoms with Gasteiger partial charge in [0.2, 0.25) is 0 Å². The Morgan fingerprint density at radius 1 is 1.18 bits per heavy atom. The van der Waals surface area contributed by atoms with Gasteiger partial charge in [-0.3, -0.25) is 0 Å². The first-order chi connectivity index (χ1) is 4.94. The second-order valence-corrected chi connectivity index (χ2v) is 5.21. The van der Waals surface area contributed by atoms with Crippen LogP contribution in [0.15, 0.2) is 0 Å². The molecule has 2 saturated carbocycles. The van der Waals surface area contributed by atoms with Crippen LogP contribution in [0.3, 0.4) is 0 Å². The molecular formula is C10H18O. The van der Waals surface area contributed by atoms with Gasteiger partial charge in [0, 0.05) is 0 Å². The summed E-state index contributed by atoms with van der Waals surface area (Å²) in [5.41, 5.74) is 0.0515. The van der Waals surface area contributed by atoms with Crippen molar-refractivity contribution in [3.8, 4) is 0 Å². The molecule has 0 heterocycles. The van der Waals surface area contributed by atoms with Crippen molar-refractivity contribution in [2.45, 2.75) is 45.6 Å². The summed E-state index contributed by atoms with van der Waals surface area (Å²) in [6, 6.07) is 0. The number of hydrogen-bond donors (Lipinski definition) is 1. The van der Waals surface area contributed by atoms with Gasteiger partial charge in [-0.05, 0) is 43.4 Å². The van der Waals surface area contributed by atoms with E-state index in [0.717, 1.165) is 12.3 Å². The third-order valence-corrected chi connectivity index (χ3v) is 4.16. The van der Waals surface area contributed by atoms with Crippen LogP contribution in [-0.4, -0.2) is 10.7 Å². The van der Waals surface area contributed by atoms with E-state index in [0.29, 0.717) is 11.3 Å². The average Bonchev–Trinajstić information content (AvgIpc) is 2.15. The van der Waals surface area contributed by atoms with Crippen LogP contribution in [0.2, 0.25) is 0 Å². The lowest BCUT2D eigenvalue weighted by Gasteiger charge is -2.31. The first-order valence-electron chi connectivity index (χ1n) is 4.67. The summed E-state index contributed by atoms with van der Waals surface area (Å²) < 4.78 is 0. The van der Waals surface area contributed by atoms with E-state index in [2.05, 4.69) is 13.8 Å². The first-order valence-corrected chi connectivity index (χ1v) is 4.67. The van der Waals surface area contributed by atoms with Gasteiger partial charge in [-0.25, -0.2) is 0 Å². The van der Waals surface area contributed by atoms with Crippen molar-refractivity contribution in [2.24, 2.45) is 17.3 Å². The SMILES string of the molecule is CC1(C)[C@H]2CC[C@@H]1[C@](C)(O)C2.